The fourth-order valence-corrected chi connectivity index (χ4v) is 5.05. The van der Waals surface area contributed by atoms with E-state index in [2.05, 4.69) is 5.10 Å². The van der Waals surface area contributed by atoms with E-state index < -0.39 is 10.0 Å². The number of fused-ring (bicyclic) bond motifs is 2. The minimum absolute atomic E-state index is 0.0574. The van der Waals surface area contributed by atoms with Crippen LogP contribution in [0.2, 0.25) is 0 Å². The molecule has 2 aromatic rings. The maximum absolute atomic E-state index is 12.8. The number of aryl methyl sites for hydroxylation is 2. The van der Waals surface area contributed by atoms with Gasteiger partial charge in [0.05, 0.1) is 11.1 Å². The zero-order valence-electron chi connectivity index (χ0n) is 16.4. The first kappa shape index (κ1) is 19.1. The van der Waals surface area contributed by atoms with Crippen molar-refractivity contribution >= 4 is 21.6 Å². The topological polar surface area (TPSA) is 75.5 Å². The molecule has 0 atom stereocenters. The third-order valence-corrected chi connectivity index (χ3v) is 7.52. The van der Waals surface area contributed by atoms with E-state index in [0.29, 0.717) is 25.9 Å². The molecule has 4 rings (SSSR count). The molecule has 8 heteroatoms. The van der Waals surface area contributed by atoms with Crippen LogP contribution in [0.25, 0.3) is 0 Å². The second-order valence-electron chi connectivity index (χ2n) is 7.67. The summed E-state index contributed by atoms with van der Waals surface area (Å²) < 4.78 is 27.9. The van der Waals surface area contributed by atoms with E-state index in [-0.39, 0.29) is 10.8 Å². The number of rotatable bonds is 5. The van der Waals surface area contributed by atoms with Crippen LogP contribution >= 0.6 is 0 Å². The summed E-state index contributed by atoms with van der Waals surface area (Å²) in [5.41, 5.74) is 4.33. The van der Waals surface area contributed by atoms with Gasteiger partial charge in [-0.2, -0.15) is 5.10 Å². The number of hydrogen-bond donors (Lipinski definition) is 0. The van der Waals surface area contributed by atoms with Crippen LogP contribution in [-0.2, 0) is 40.6 Å². The molecule has 0 saturated carbocycles. The van der Waals surface area contributed by atoms with Crippen molar-refractivity contribution in [3.8, 4) is 0 Å². The van der Waals surface area contributed by atoms with Gasteiger partial charge >= 0.3 is 0 Å². The van der Waals surface area contributed by atoms with Gasteiger partial charge in [-0.05, 0) is 61.4 Å². The molecule has 0 saturated heterocycles. The Hall–Kier alpha value is -2.19. The number of carbonyl (C=O) groups excluding carboxylic acids is 1. The van der Waals surface area contributed by atoms with Crippen molar-refractivity contribution in [2.24, 2.45) is 0 Å². The molecule has 0 N–H and O–H groups in total. The Morgan fingerprint density at radius 3 is 2.71 bits per heavy atom. The van der Waals surface area contributed by atoms with Crippen molar-refractivity contribution in [1.82, 2.24) is 14.1 Å². The number of aromatic nitrogens is 2. The SMILES string of the molecule is CN(C)S(=O)(=O)c1ccc2c(c1)CCN2C(=O)CCn1ncc2c1CCCC2. The number of sulfonamides is 1. The van der Waals surface area contributed by atoms with Gasteiger partial charge in [0, 0.05) is 45.0 Å². The van der Waals surface area contributed by atoms with Crippen LogP contribution in [0.3, 0.4) is 0 Å². The Bertz CT molecular complexity index is 1010. The normalized spacial score (nSPS) is 16.3. The number of benzene rings is 1. The van der Waals surface area contributed by atoms with E-state index in [0.717, 1.165) is 24.1 Å². The lowest BCUT2D eigenvalue weighted by Gasteiger charge is -2.19. The van der Waals surface area contributed by atoms with Crippen molar-refractivity contribution in [1.29, 1.82) is 0 Å². The van der Waals surface area contributed by atoms with E-state index in [1.165, 1.54) is 42.5 Å². The molecular formula is C20H26N4O3S. The molecule has 2 heterocycles. The van der Waals surface area contributed by atoms with E-state index in [1.54, 1.807) is 23.1 Å². The quantitative estimate of drug-likeness (QED) is 0.767. The summed E-state index contributed by atoms with van der Waals surface area (Å²) in [5.74, 6) is 0.0574. The lowest BCUT2D eigenvalue weighted by atomic mass is 9.98. The first-order valence-corrected chi connectivity index (χ1v) is 11.2. The molecule has 7 nitrogen and oxygen atoms in total. The number of nitrogens with zero attached hydrogens (tertiary/aromatic N) is 4. The molecular weight excluding hydrogens is 376 g/mol. The van der Waals surface area contributed by atoms with Gasteiger partial charge in [-0.3, -0.25) is 9.48 Å². The van der Waals surface area contributed by atoms with Crippen LogP contribution in [0.5, 0.6) is 0 Å². The Labute approximate surface area is 166 Å². The molecule has 2 aliphatic rings. The van der Waals surface area contributed by atoms with Crippen LogP contribution in [0, 0.1) is 0 Å². The molecule has 1 aliphatic heterocycles. The Morgan fingerprint density at radius 2 is 1.93 bits per heavy atom. The summed E-state index contributed by atoms with van der Waals surface area (Å²) in [6, 6.07) is 5.04. The highest BCUT2D eigenvalue weighted by atomic mass is 32.2. The first-order valence-electron chi connectivity index (χ1n) is 9.77. The van der Waals surface area contributed by atoms with Gasteiger partial charge in [-0.15, -0.1) is 0 Å². The summed E-state index contributed by atoms with van der Waals surface area (Å²) in [6.45, 7) is 1.18. The van der Waals surface area contributed by atoms with Crippen LogP contribution in [-0.4, -0.2) is 49.1 Å². The molecule has 0 bridgehead atoms. The molecule has 150 valence electrons. The van der Waals surface area contributed by atoms with Crippen molar-refractivity contribution in [2.75, 3.05) is 25.5 Å². The summed E-state index contributed by atoms with van der Waals surface area (Å²) >= 11 is 0. The second-order valence-corrected chi connectivity index (χ2v) is 9.82. The average molecular weight is 403 g/mol. The average Bonchev–Trinajstić information content (AvgIpc) is 3.29. The van der Waals surface area contributed by atoms with Crippen molar-refractivity contribution < 1.29 is 13.2 Å². The molecule has 28 heavy (non-hydrogen) atoms. The predicted molar refractivity (Wildman–Crippen MR) is 107 cm³/mol. The molecule has 0 spiro atoms. The van der Waals surface area contributed by atoms with Crippen LogP contribution in [0.4, 0.5) is 5.69 Å². The summed E-state index contributed by atoms with van der Waals surface area (Å²) in [6.07, 6.45) is 7.54. The minimum Gasteiger partial charge on any atom is -0.312 e. The number of amides is 1. The second kappa shape index (κ2) is 7.33. The maximum atomic E-state index is 12.8. The minimum atomic E-state index is -3.47. The molecule has 0 unspecified atom stereocenters. The number of hydrogen-bond acceptors (Lipinski definition) is 4. The Morgan fingerprint density at radius 1 is 1.14 bits per heavy atom. The smallest absolute Gasteiger partial charge is 0.242 e. The van der Waals surface area contributed by atoms with Gasteiger partial charge in [-0.1, -0.05) is 0 Å². The van der Waals surface area contributed by atoms with E-state index in [4.69, 9.17) is 0 Å². The number of carbonyl (C=O) groups is 1. The number of anilines is 1. The largest absolute Gasteiger partial charge is 0.312 e. The van der Waals surface area contributed by atoms with E-state index in [9.17, 15) is 13.2 Å². The van der Waals surface area contributed by atoms with Crippen molar-refractivity contribution in [3.63, 3.8) is 0 Å². The van der Waals surface area contributed by atoms with Gasteiger partial charge in [0.25, 0.3) is 0 Å². The van der Waals surface area contributed by atoms with Crippen molar-refractivity contribution in [3.05, 3.63) is 41.2 Å². The monoisotopic (exact) mass is 402 g/mol. The van der Waals surface area contributed by atoms with Gasteiger partial charge < -0.3 is 4.90 Å². The summed E-state index contributed by atoms with van der Waals surface area (Å²) in [7, 11) is -0.426. The lowest BCUT2D eigenvalue weighted by Crippen LogP contribution is -2.30. The molecule has 0 fully saturated rings. The zero-order chi connectivity index (χ0) is 19.9. The van der Waals surface area contributed by atoms with Gasteiger partial charge in [0.15, 0.2) is 0 Å². The van der Waals surface area contributed by atoms with Gasteiger partial charge in [-0.25, -0.2) is 12.7 Å². The van der Waals surface area contributed by atoms with Gasteiger partial charge in [0.1, 0.15) is 0 Å². The molecule has 1 aliphatic carbocycles. The standard InChI is InChI=1S/C20H26N4O3S/c1-22(2)28(26,27)17-7-8-18-15(13-17)9-11-23(18)20(25)10-12-24-19-6-4-3-5-16(19)14-21-24/h7-8,13-14H,3-6,9-12H2,1-2H3. The fourth-order valence-electron chi connectivity index (χ4n) is 4.09. The van der Waals surface area contributed by atoms with Crippen LogP contribution in [0.15, 0.2) is 29.3 Å². The summed E-state index contributed by atoms with van der Waals surface area (Å²) in [5, 5.41) is 4.47. The third-order valence-electron chi connectivity index (χ3n) is 5.71. The Balaban J connectivity index is 1.47. The van der Waals surface area contributed by atoms with E-state index >= 15 is 0 Å². The highest BCUT2D eigenvalue weighted by molar-refractivity contribution is 7.89. The summed E-state index contributed by atoms with van der Waals surface area (Å²) in [4.78, 5) is 14.9. The van der Waals surface area contributed by atoms with Gasteiger partial charge in [0.2, 0.25) is 15.9 Å². The fraction of sp³-hybridized carbons (Fsp3) is 0.500. The van der Waals surface area contributed by atoms with Crippen LogP contribution < -0.4 is 4.90 Å². The lowest BCUT2D eigenvalue weighted by molar-refractivity contribution is -0.118. The Kier molecular flexibility index (Phi) is 5.01. The third kappa shape index (κ3) is 3.35. The maximum Gasteiger partial charge on any atom is 0.242 e. The van der Waals surface area contributed by atoms with Crippen LogP contribution in [0.1, 0.15) is 36.1 Å². The van der Waals surface area contributed by atoms with Crippen molar-refractivity contribution in [2.45, 2.75) is 50.0 Å². The highest BCUT2D eigenvalue weighted by Crippen LogP contribution is 2.31. The zero-order valence-corrected chi connectivity index (χ0v) is 17.2. The van der Waals surface area contributed by atoms with E-state index in [1.807, 2.05) is 10.9 Å². The molecule has 0 radical (unpaired) electrons. The highest BCUT2D eigenvalue weighted by Gasteiger charge is 2.27. The first-order chi connectivity index (χ1) is 13.4. The molecule has 1 aromatic carbocycles. The molecule has 1 amide bonds. The predicted octanol–water partition coefficient (Wildman–Crippen LogP) is 1.99. The molecule has 1 aromatic heterocycles.